The van der Waals surface area contributed by atoms with Crippen molar-refractivity contribution in [3.05, 3.63) is 261 Å². The summed E-state index contributed by atoms with van der Waals surface area (Å²) in [5.74, 6) is 1.46. The summed E-state index contributed by atoms with van der Waals surface area (Å²) in [5, 5.41) is 13.9. The predicted octanol–water partition coefficient (Wildman–Crippen LogP) is 16.7. The number of nitrogens with one attached hydrogen (secondary N) is 2. The fourth-order valence-electron chi connectivity index (χ4n) is 11.6. The molecule has 4 nitrogen and oxygen atoms in total. The van der Waals surface area contributed by atoms with E-state index in [1.54, 1.807) is 20.3 Å². The standard InChI is InChI=1S/C52H48P2.C19H23N2O2.ClH.Ru/c1-33-21-34(2)26-43(25-33)53(44-27-35(3)22-36(4)28-44)49-19-17-41-13-9-11-15-47(41)51(49)52-48-16-12-10-14-42(48)18-20-50(52)54(45-29-37(5)23-38(6)30-45)46-31-39(7)24-40(8)32-46;1-13(2)18(20)19(21,14-5-9-16(22-3)10-6-14)15-7-11-17(23-4)12-8-15;;/h9-32H,1-8H3;5-7,9-13,18,20-21H,1-4H3;1H;/q;-3;;+4/p+1/t;18-,19?;;/m.1../s1. The Kier molecular flexibility index (Phi) is 19.5. The van der Waals surface area contributed by atoms with Crippen LogP contribution in [-0.4, -0.2) is 20.3 Å². The minimum atomic E-state index is -1.49. The third-order valence-corrected chi connectivity index (χ3v) is 20.2. The molecule has 0 bridgehead atoms. The summed E-state index contributed by atoms with van der Waals surface area (Å²) in [6.45, 7) is 22.0. The Morgan fingerprint density at radius 3 is 1.11 bits per heavy atom. The quantitative estimate of drug-likeness (QED) is 0.0656. The van der Waals surface area contributed by atoms with E-state index in [4.69, 9.17) is 20.9 Å². The molecule has 0 spiro atoms. The number of halogens is 1. The van der Waals surface area contributed by atoms with Gasteiger partial charge in [0.1, 0.15) is 37.6 Å². The summed E-state index contributed by atoms with van der Waals surface area (Å²) in [5.41, 5.74) is 31.2. The third-order valence-electron chi connectivity index (χ3n) is 14.8. The van der Waals surface area contributed by atoms with Crippen molar-refractivity contribution >= 4 is 78.9 Å². The molecule has 0 radical (unpaired) electrons. The number of fused-ring (bicyclic) bond motifs is 2. The van der Waals surface area contributed by atoms with Crippen molar-refractivity contribution < 1.29 is 26.8 Å². The first-order chi connectivity index (χ1) is 37.9. The van der Waals surface area contributed by atoms with E-state index in [0.29, 0.717) is 11.3 Å². The number of ether oxygens (including phenoxy) is 2. The van der Waals surface area contributed by atoms with Crippen LogP contribution in [0.4, 0.5) is 0 Å². The van der Waals surface area contributed by atoms with Crippen molar-refractivity contribution in [2.75, 3.05) is 14.2 Å². The summed E-state index contributed by atoms with van der Waals surface area (Å²) >= 11 is 1.82. The summed E-state index contributed by atoms with van der Waals surface area (Å²) < 4.78 is 10.4. The van der Waals surface area contributed by atoms with Crippen LogP contribution >= 0.6 is 25.5 Å². The van der Waals surface area contributed by atoms with Crippen LogP contribution in [0.15, 0.2) is 188 Å². The van der Waals surface area contributed by atoms with E-state index in [0.717, 1.165) is 11.3 Å². The summed E-state index contributed by atoms with van der Waals surface area (Å²) in [6, 6.07) is 72.1. The molecule has 10 rings (SSSR count). The number of hydrogen-bond donors (Lipinski definition) is 0. The second kappa shape index (κ2) is 26.1. The first-order valence-corrected chi connectivity index (χ1v) is 32.1. The van der Waals surface area contributed by atoms with Gasteiger partial charge in [-0.15, -0.1) is 23.7 Å². The van der Waals surface area contributed by atoms with Crippen LogP contribution in [0.25, 0.3) is 44.1 Å². The zero-order valence-electron chi connectivity index (χ0n) is 47.6. The molecule has 0 aliphatic carbocycles. The Hall–Kier alpha value is -5.99. The molecule has 2 N–H and O–H groups in total. The Morgan fingerprint density at radius 2 is 0.797 bits per heavy atom. The van der Waals surface area contributed by atoms with Gasteiger partial charge in [0, 0.05) is 16.9 Å². The first kappa shape index (κ1) is 59.1. The number of methoxy groups -OCH3 is 2. The van der Waals surface area contributed by atoms with Crippen molar-refractivity contribution in [2.24, 2.45) is 5.92 Å². The van der Waals surface area contributed by atoms with Crippen molar-refractivity contribution in [3.63, 3.8) is 0 Å². The molecular formula is C71H73ClN2O2P2Ru+2. The van der Waals surface area contributed by atoms with E-state index in [1.807, 2.05) is 67.6 Å². The van der Waals surface area contributed by atoms with Gasteiger partial charge in [0.05, 0.1) is 30.1 Å². The van der Waals surface area contributed by atoms with E-state index in [2.05, 4.69) is 217 Å². The predicted molar refractivity (Wildman–Crippen MR) is 344 cm³/mol. The summed E-state index contributed by atoms with van der Waals surface area (Å²) in [6.07, 6.45) is 0. The Bertz CT molecular complexity index is 3330. The minimum absolute atomic E-state index is 0.0325. The van der Waals surface area contributed by atoms with Crippen LogP contribution in [0.2, 0.25) is 0 Å². The number of benzene rings is 10. The van der Waals surface area contributed by atoms with Crippen LogP contribution in [0.1, 0.15) is 69.5 Å². The molecule has 0 saturated heterocycles. The fraction of sp³-hybridized carbons (Fsp3) is 0.211. The average molecular weight is 1180 g/mol. The number of rotatable bonds is 13. The van der Waals surface area contributed by atoms with E-state index in [-0.39, 0.29) is 5.92 Å². The molecule has 0 amide bonds. The van der Waals surface area contributed by atoms with Gasteiger partial charge in [-0.05, 0) is 194 Å². The van der Waals surface area contributed by atoms with Crippen molar-refractivity contribution in [1.29, 1.82) is 0 Å². The van der Waals surface area contributed by atoms with E-state index < -0.39 is 27.4 Å². The van der Waals surface area contributed by atoms with Crippen molar-refractivity contribution in [1.82, 2.24) is 0 Å². The molecule has 0 saturated carbocycles. The molecule has 10 aromatic carbocycles. The van der Waals surface area contributed by atoms with Gasteiger partial charge < -0.3 is 20.9 Å². The Morgan fingerprint density at radius 1 is 0.456 bits per heavy atom. The van der Waals surface area contributed by atoms with Crippen molar-refractivity contribution in [2.45, 2.75) is 80.8 Å². The molecule has 10 aromatic rings. The monoisotopic (exact) mass is 1180 g/mol. The van der Waals surface area contributed by atoms with E-state index >= 15 is 0 Å². The molecule has 402 valence electrons. The van der Waals surface area contributed by atoms with Gasteiger partial charge in [-0.1, -0.05) is 122 Å². The average Bonchev–Trinajstić information content (AvgIpc) is 3.63. The molecule has 0 aliphatic rings. The second-order valence-electron chi connectivity index (χ2n) is 21.6. The van der Waals surface area contributed by atoms with Crippen LogP contribution in [-0.2, 0) is 22.9 Å². The van der Waals surface area contributed by atoms with Gasteiger partial charge in [0.2, 0.25) is 0 Å². The molecule has 0 aromatic heterocycles. The Balaban J connectivity index is 0.000000275. The maximum atomic E-state index is 9.09. The molecule has 0 aliphatic heterocycles. The van der Waals surface area contributed by atoms with Gasteiger partial charge in [0.25, 0.3) is 0 Å². The third kappa shape index (κ3) is 13.1. The molecule has 8 heteroatoms. The van der Waals surface area contributed by atoms with Gasteiger partial charge in [-0.2, -0.15) is 17.7 Å². The van der Waals surface area contributed by atoms with Gasteiger partial charge in [-0.3, -0.25) is 0 Å². The molecule has 0 fully saturated rings. The molecule has 0 heterocycles. The summed E-state index contributed by atoms with van der Waals surface area (Å²) in [7, 11) is 4.81. The number of aryl methyl sites for hydroxylation is 8. The molecular weight excluding hydrogens is 1110 g/mol. The fourth-order valence-corrected chi connectivity index (χ4v) is 18.0. The van der Waals surface area contributed by atoms with Crippen LogP contribution in [0, 0.1) is 67.4 Å². The molecule has 2 atom stereocenters. The topological polar surface area (TPSA) is 66.1 Å². The zero-order chi connectivity index (χ0) is 56.7. The van der Waals surface area contributed by atoms with Crippen LogP contribution in [0.5, 0.6) is 11.5 Å². The van der Waals surface area contributed by atoms with Gasteiger partial charge in [-0.25, -0.2) is 0 Å². The van der Waals surface area contributed by atoms with Gasteiger partial charge in [0.15, 0.2) is 0 Å². The maximum absolute atomic E-state index is 9.09. The number of hydrogen-bond acceptors (Lipinski definition) is 2. The molecule has 79 heavy (non-hydrogen) atoms. The first-order valence-electron chi connectivity index (χ1n) is 26.9. The van der Waals surface area contributed by atoms with E-state index in [9.17, 15) is 0 Å². The molecule has 1 unspecified atom stereocenters. The van der Waals surface area contributed by atoms with E-state index in [1.165, 1.54) is 109 Å². The van der Waals surface area contributed by atoms with Gasteiger partial charge >= 0.3 is 27.0 Å². The van der Waals surface area contributed by atoms with Crippen molar-refractivity contribution in [3.8, 4) is 22.6 Å². The zero-order valence-corrected chi connectivity index (χ0v) is 52.1. The second-order valence-corrected chi connectivity index (χ2v) is 26.5. The summed E-state index contributed by atoms with van der Waals surface area (Å²) in [4.78, 5) is 0. The SMILES string of the molecule is COc1c[c-]c(C([NH-])(c2ccc(OC)cc2)[C@H]([NH-])C(C)C)cc1.Cc1cc(C)cc([PH+](c2cc(C)cc(C)c2)c2ccc3ccccc3c2-c2c([PH+](c3cc(C)cc(C)c3)c3cc(C)cc(C)c3)ccc3ccccc23)c1.[Cl][Ru+3]. The van der Waals surface area contributed by atoms with Crippen LogP contribution in [0.3, 0.4) is 0 Å². The Labute approximate surface area is 487 Å². The van der Waals surface area contributed by atoms with Crippen LogP contribution < -0.4 is 41.3 Å². The normalized spacial score (nSPS) is 12.4.